The highest BCUT2D eigenvalue weighted by Crippen LogP contribution is 2.35. The molecule has 2 rings (SSSR count). The number of anilines is 1. The van der Waals surface area contributed by atoms with E-state index in [0.29, 0.717) is 0 Å². The quantitative estimate of drug-likeness (QED) is 0.868. The number of aromatic nitrogens is 1. The fraction of sp³-hybridized carbons (Fsp3) is 0.769. The zero-order chi connectivity index (χ0) is 12.3. The van der Waals surface area contributed by atoms with Crippen LogP contribution >= 0.6 is 11.3 Å². The van der Waals surface area contributed by atoms with E-state index in [1.165, 1.54) is 12.8 Å². The Morgan fingerprint density at radius 2 is 2.24 bits per heavy atom. The highest BCUT2D eigenvalue weighted by molar-refractivity contribution is 7.13. The molecule has 1 fully saturated rings. The van der Waals surface area contributed by atoms with Crippen molar-refractivity contribution in [1.29, 1.82) is 0 Å². The van der Waals surface area contributed by atoms with Gasteiger partial charge in [-0.2, -0.15) is 0 Å². The molecule has 1 heterocycles. The SMILES string of the molecule is CCc1csc(NC2(CO)CCC(C)CC2)n1. The highest BCUT2D eigenvalue weighted by atomic mass is 32.1. The Labute approximate surface area is 107 Å². The summed E-state index contributed by atoms with van der Waals surface area (Å²) in [6.45, 7) is 4.61. The van der Waals surface area contributed by atoms with Crippen molar-refractivity contribution in [2.45, 2.75) is 51.5 Å². The van der Waals surface area contributed by atoms with E-state index in [2.05, 4.69) is 29.5 Å². The van der Waals surface area contributed by atoms with Crippen molar-refractivity contribution < 1.29 is 5.11 Å². The number of rotatable bonds is 4. The third kappa shape index (κ3) is 2.99. The summed E-state index contributed by atoms with van der Waals surface area (Å²) in [5.41, 5.74) is 1.00. The summed E-state index contributed by atoms with van der Waals surface area (Å²) in [7, 11) is 0. The molecular weight excluding hydrogens is 232 g/mol. The Hall–Kier alpha value is -0.610. The average molecular weight is 254 g/mol. The van der Waals surface area contributed by atoms with Crippen LogP contribution in [0, 0.1) is 5.92 Å². The lowest BCUT2D eigenvalue weighted by molar-refractivity contribution is 0.155. The van der Waals surface area contributed by atoms with Gasteiger partial charge in [0.1, 0.15) is 0 Å². The second kappa shape index (κ2) is 5.36. The van der Waals surface area contributed by atoms with Gasteiger partial charge < -0.3 is 10.4 Å². The molecule has 1 saturated carbocycles. The van der Waals surface area contributed by atoms with Crippen LogP contribution in [-0.4, -0.2) is 22.2 Å². The van der Waals surface area contributed by atoms with Crippen LogP contribution in [0.25, 0.3) is 0 Å². The minimum absolute atomic E-state index is 0.130. The molecule has 0 unspecified atom stereocenters. The number of thiazole rings is 1. The van der Waals surface area contributed by atoms with Crippen molar-refractivity contribution in [2.24, 2.45) is 5.92 Å². The second-order valence-corrected chi connectivity index (χ2v) is 6.10. The number of aliphatic hydroxyl groups excluding tert-OH is 1. The van der Waals surface area contributed by atoms with E-state index in [-0.39, 0.29) is 12.1 Å². The maximum absolute atomic E-state index is 9.67. The number of hydrogen-bond donors (Lipinski definition) is 2. The molecular formula is C13H22N2OS. The monoisotopic (exact) mass is 254 g/mol. The predicted octanol–water partition coefficient (Wildman–Crippen LogP) is 3.06. The van der Waals surface area contributed by atoms with Gasteiger partial charge in [0.05, 0.1) is 17.8 Å². The molecule has 0 aliphatic heterocycles. The van der Waals surface area contributed by atoms with Gasteiger partial charge in [0.15, 0.2) is 5.13 Å². The minimum Gasteiger partial charge on any atom is -0.394 e. The second-order valence-electron chi connectivity index (χ2n) is 5.24. The van der Waals surface area contributed by atoms with Gasteiger partial charge in [-0.25, -0.2) is 4.98 Å². The van der Waals surface area contributed by atoms with E-state index < -0.39 is 0 Å². The van der Waals surface area contributed by atoms with Crippen LogP contribution in [0.2, 0.25) is 0 Å². The molecule has 0 saturated heterocycles. The molecule has 1 aromatic rings. The molecule has 0 radical (unpaired) electrons. The van der Waals surface area contributed by atoms with Crippen LogP contribution in [0.3, 0.4) is 0 Å². The third-order valence-corrected chi connectivity index (χ3v) is 4.63. The molecule has 1 aliphatic carbocycles. The lowest BCUT2D eigenvalue weighted by atomic mass is 9.78. The highest BCUT2D eigenvalue weighted by Gasteiger charge is 2.34. The number of aryl methyl sites for hydroxylation is 1. The van der Waals surface area contributed by atoms with Crippen molar-refractivity contribution in [3.8, 4) is 0 Å². The van der Waals surface area contributed by atoms with Crippen molar-refractivity contribution in [2.75, 3.05) is 11.9 Å². The number of nitrogens with zero attached hydrogens (tertiary/aromatic N) is 1. The number of aliphatic hydroxyl groups is 1. The van der Waals surface area contributed by atoms with E-state index in [1.807, 2.05) is 0 Å². The summed E-state index contributed by atoms with van der Waals surface area (Å²) in [4.78, 5) is 4.53. The topological polar surface area (TPSA) is 45.1 Å². The van der Waals surface area contributed by atoms with E-state index in [1.54, 1.807) is 11.3 Å². The van der Waals surface area contributed by atoms with Crippen LogP contribution in [0.5, 0.6) is 0 Å². The number of nitrogens with one attached hydrogen (secondary N) is 1. The fourth-order valence-corrected chi connectivity index (χ4v) is 3.30. The summed E-state index contributed by atoms with van der Waals surface area (Å²) in [5.74, 6) is 0.791. The van der Waals surface area contributed by atoms with Gasteiger partial charge in [-0.3, -0.25) is 0 Å². The van der Waals surface area contributed by atoms with Crippen LogP contribution < -0.4 is 5.32 Å². The lowest BCUT2D eigenvalue weighted by Crippen LogP contribution is -2.45. The first-order valence-corrected chi connectivity index (χ1v) is 7.39. The normalized spacial score (nSPS) is 29.2. The minimum atomic E-state index is -0.130. The summed E-state index contributed by atoms with van der Waals surface area (Å²) < 4.78 is 0. The summed E-state index contributed by atoms with van der Waals surface area (Å²) in [6.07, 6.45) is 5.46. The van der Waals surface area contributed by atoms with E-state index in [9.17, 15) is 5.11 Å². The molecule has 3 nitrogen and oxygen atoms in total. The van der Waals surface area contributed by atoms with Gasteiger partial charge in [0.2, 0.25) is 0 Å². The molecule has 0 spiro atoms. The smallest absolute Gasteiger partial charge is 0.183 e. The zero-order valence-corrected chi connectivity index (χ0v) is 11.5. The lowest BCUT2D eigenvalue weighted by Gasteiger charge is -2.38. The summed E-state index contributed by atoms with van der Waals surface area (Å²) in [5, 5.41) is 16.2. The van der Waals surface area contributed by atoms with Crippen LogP contribution in [0.4, 0.5) is 5.13 Å². The first-order valence-electron chi connectivity index (χ1n) is 6.51. The van der Waals surface area contributed by atoms with Crippen molar-refractivity contribution in [1.82, 2.24) is 4.98 Å². The fourth-order valence-electron chi connectivity index (χ4n) is 2.39. The maximum Gasteiger partial charge on any atom is 0.183 e. The van der Waals surface area contributed by atoms with E-state index >= 15 is 0 Å². The molecule has 0 bridgehead atoms. The molecule has 1 aromatic heterocycles. The first-order chi connectivity index (χ1) is 8.17. The third-order valence-electron chi connectivity index (χ3n) is 3.82. The Morgan fingerprint density at radius 1 is 1.53 bits per heavy atom. The average Bonchev–Trinajstić information content (AvgIpc) is 2.80. The molecule has 0 atom stereocenters. The summed E-state index contributed by atoms with van der Waals surface area (Å²) in [6, 6.07) is 0. The molecule has 2 N–H and O–H groups in total. The van der Waals surface area contributed by atoms with Gasteiger partial charge in [0.25, 0.3) is 0 Å². The van der Waals surface area contributed by atoms with Crippen LogP contribution in [0.1, 0.15) is 45.2 Å². The van der Waals surface area contributed by atoms with Gasteiger partial charge >= 0.3 is 0 Å². The van der Waals surface area contributed by atoms with Gasteiger partial charge in [-0.05, 0) is 38.0 Å². The molecule has 96 valence electrons. The molecule has 1 aliphatic rings. The van der Waals surface area contributed by atoms with Gasteiger partial charge in [-0.1, -0.05) is 13.8 Å². The summed E-state index contributed by atoms with van der Waals surface area (Å²) >= 11 is 1.65. The van der Waals surface area contributed by atoms with Crippen molar-refractivity contribution in [3.05, 3.63) is 11.1 Å². The zero-order valence-electron chi connectivity index (χ0n) is 10.7. The predicted molar refractivity (Wildman–Crippen MR) is 72.6 cm³/mol. The Kier molecular flexibility index (Phi) is 4.05. The number of hydrogen-bond acceptors (Lipinski definition) is 4. The van der Waals surface area contributed by atoms with Crippen molar-refractivity contribution >= 4 is 16.5 Å². The van der Waals surface area contributed by atoms with E-state index in [0.717, 1.165) is 36.0 Å². The Balaban J connectivity index is 2.03. The largest absolute Gasteiger partial charge is 0.394 e. The van der Waals surface area contributed by atoms with Crippen LogP contribution in [-0.2, 0) is 6.42 Å². The molecule has 4 heteroatoms. The molecule has 17 heavy (non-hydrogen) atoms. The standard InChI is InChI=1S/C13H22N2OS/c1-3-11-8-17-12(14-11)15-13(9-16)6-4-10(2)5-7-13/h8,10,16H,3-7,9H2,1-2H3,(H,14,15). The van der Waals surface area contributed by atoms with E-state index in [4.69, 9.17) is 0 Å². The van der Waals surface area contributed by atoms with Crippen molar-refractivity contribution in [3.63, 3.8) is 0 Å². The molecule has 0 amide bonds. The Morgan fingerprint density at radius 3 is 2.76 bits per heavy atom. The van der Waals surface area contributed by atoms with Crippen LogP contribution in [0.15, 0.2) is 5.38 Å². The first kappa shape index (κ1) is 12.8. The van der Waals surface area contributed by atoms with Gasteiger partial charge in [-0.15, -0.1) is 11.3 Å². The molecule has 0 aromatic carbocycles. The van der Waals surface area contributed by atoms with Gasteiger partial charge in [0, 0.05) is 5.38 Å². The Bertz CT molecular complexity index is 356. The maximum atomic E-state index is 9.67.